The van der Waals surface area contributed by atoms with Crippen LogP contribution in [-0.4, -0.2) is 26.9 Å². The lowest BCUT2D eigenvalue weighted by Crippen LogP contribution is -2.00. The summed E-state index contributed by atoms with van der Waals surface area (Å²) >= 11 is 3.34. The molecule has 1 N–H and O–H groups in total. The van der Waals surface area contributed by atoms with Gasteiger partial charge in [0.15, 0.2) is 0 Å². The Labute approximate surface area is 141 Å². The minimum absolute atomic E-state index is 0.0822. The van der Waals surface area contributed by atoms with Crippen molar-refractivity contribution in [2.75, 3.05) is 12.4 Å². The number of halogens is 1. The average molecular weight is 375 g/mol. The molecule has 2 atom stereocenters. The molecule has 2 aliphatic rings. The molecule has 2 saturated carbocycles. The van der Waals surface area contributed by atoms with Gasteiger partial charge in [-0.3, -0.25) is 4.68 Å². The maximum Gasteiger partial charge on any atom is 0.232 e. The molecule has 2 unspecified atom stereocenters. The number of anilines is 2. The van der Waals surface area contributed by atoms with Crippen LogP contribution in [0.3, 0.4) is 0 Å². The number of methoxy groups -OCH3 is 1. The third kappa shape index (κ3) is 2.77. The van der Waals surface area contributed by atoms with Gasteiger partial charge in [0.2, 0.25) is 11.8 Å². The summed E-state index contributed by atoms with van der Waals surface area (Å²) in [5, 5.41) is 16.9. The number of rotatable bonds is 5. The quantitative estimate of drug-likeness (QED) is 0.864. The Kier molecular flexibility index (Phi) is 3.45. The zero-order valence-corrected chi connectivity index (χ0v) is 14.1. The van der Waals surface area contributed by atoms with Gasteiger partial charge in [0, 0.05) is 12.1 Å². The van der Waals surface area contributed by atoms with E-state index in [1.807, 2.05) is 10.9 Å². The number of nitrogens with one attached hydrogen (secondary N) is 1. The van der Waals surface area contributed by atoms with Gasteiger partial charge in [-0.2, -0.15) is 15.3 Å². The van der Waals surface area contributed by atoms with Gasteiger partial charge in [-0.1, -0.05) is 0 Å². The fourth-order valence-electron chi connectivity index (χ4n) is 2.62. The van der Waals surface area contributed by atoms with Gasteiger partial charge in [0.05, 0.1) is 47.2 Å². The molecule has 0 aromatic carbocycles. The molecular weight excluding hydrogens is 360 g/mol. The number of aromatic nitrogens is 4. The fourth-order valence-corrected chi connectivity index (χ4v) is 2.97. The minimum Gasteiger partial charge on any atom is -0.480 e. The van der Waals surface area contributed by atoms with E-state index in [1.165, 1.54) is 0 Å². The van der Waals surface area contributed by atoms with Gasteiger partial charge >= 0.3 is 0 Å². The number of ether oxygens (including phenoxy) is 1. The molecular formula is C15H15BrN6O. The minimum atomic E-state index is 0.0822. The van der Waals surface area contributed by atoms with Crippen LogP contribution >= 0.6 is 15.9 Å². The summed E-state index contributed by atoms with van der Waals surface area (Å²) in [6.07, 6.45) is 6.81. The standard InChI is InChI=1S/C15H15BrN6O/c1-23-14-10(16)6-18-15(20-14)19-11-7-22(12-4-9(12)5-17)21-13(11)8-2-3-8/h6-9,12H,2-4H2,1H3,(H,18,19,20). The smallest absolute Gasteiger partial charge is 0.232 e. The third-order valence-electron chi connectivity index (χ3n) is 4.14. The van der Waals surface area contributed by atoms with Crippen molar-refractivity contribution >= 4 is 27.6 Å². The first-order valence-corrected chi connectivity index (χ1v) is 8.31. The molecule has 23 heavy (non-hydrogen) atoms. The van der Waals surface area contributed by atoms with Gasteiger partial charge < -0.3 is 10.1 Å². The van der Waals surface area contributed by atoms with E-state index in [9.17, 15) is 0 Å². The van der Waals surface area contributed by atoms with E-state index in [-0.39, 0.29) is 12.0 Å². The van der Waals surface area contributed by atoms with Gasteiger partial charge in [-0.05, 0) is 35.2 Å². The van der Waals surface area contributed by atoms with Crippen LogP contribution in [0.25, 0.3) is 0 Å². The molecule has 0 amide bonds. The molecule has 118 valence electrons. The predicted molar refractivity (Wildman–Crippen MR) is 86.5 cm³/mol. The second-order valence-electron chi connectivity index (χ2n) is 5.90. The normalized spacial score (nSPS) is 22.5. The molecule has 2 heterocycles. The van der Waals surface area contributed by atoms with Crippen molar-refractivity contribution in [2.24, 2.45) is 5.92 Å². The molecule has 8 heteroatoms. The highest BCUT2D eigenvalue weighted by atomic mass is 79.9. The largest absolute Gasteiger partial charge is 0.480 e. The van der Waals surface area contributed by atoms with Gasteiger partial charge in [-0.25, -0.2) is 4.98 Å². The molecule has 2 fully saturated rings. The fraction of sp³-hybridized carbons (Fsp3) is 0.467. The number of hydrogen-bond donors (Lipinski definition) is 1. The molecule has 0 radical (unpaired) electrons. The van der Waals surface area contributed by atoms with E-state index in [1.54, 1.807) is 13.3 Å². The lowest BCUT2D eigenvalue weighted by Gasteiger charge is -2.06. The summed E-state index contributed by atoms with van der Waals surface area (Å²) in [6.45, 7) is 0. The second-order valence-corrected chi connectivity index (χ2v) is 6.75. The van der Waals surface area contributed by atoms with Crippen LogP contribution in [-0.2, 0) is 0 Å². The summed E-state index contributed by atoms with van der Waals surface area (Å²) in [5.74, 6) is 1.53. The molecule has 4 rings (SSSR count). The van der Waals surface area contributed by atoms with E-state index in [0.29, 0.717) is 22.2 Å². The van der Waals surface area contributed by atoms with Crippen LogP contribution in [0.5, 0.6) is 5.88 Å². The molecule has 2 aliphatic carbocycles. The first-order valence-electron chi connectivity index (χ1n) is 7.52. The van der Waals surface area contributed by atoms with Gasteiger partial charge in [-0.15, -0.1) is 0 Å². The van der Waals surface area contributed by atoms with Crippen molar-refractivity contribution < 1.29 is 4.74 Å². The summed E-state index contributed by atoms with van der Waals surface area (Å²) in [6, 6.07) is 2.51. The highest BCUT2D eigenvalue weighted by Gasteiger charge is 2.41. The summed E-state index contributed by atoms with van der Waals surface area (Å²) in [7, 11) is 1.57. The SMILES string of the molecule is COc1nc(Nc2cn(C3CC3C#N)nc2C2CC2)ncc1Br. The number of nitriles is 1. The monoisotopic (exact) mass is 374 g/mol. The van der Waals surface area contributed by atoms with E-state index >= 15 is 0 Å². The number of nitrogens with zero attached hydrogens (tertiary/aromatic N) is 5. The van der Waals surface area contributed by atoms with Gasteiger partial charge in [0.1, 0.15) is 0 Å². The van der Waals surface area contributed by atoms with Crippen LogP contribution in [0.15, 0.2) is 16.9 Å². The predicted octanol–water partition coefficient (Wildman–Crippen LogP) is 3.15. The van der Waals surface area contributed by atoms with E-state index in [4.69, 9.17) is 15.1 Å². The zero-order chi connectivity index (χ0) is 16.0. The summed E-state index contributed by atoms with van der Waals surface area (Å²) < 4.78 is 7.82. The zero-order valence-electron chi connectivity index (χ0n) is 12.5. The topological polar surface area (TPSA) is 88.6 Å². The van der Waals surface area contributed by atoms with Crippen molar-refractivity contribution in [1.82, 2.24) is 19.7 Å². The van der Waals surface area contributed by atoms with Crippen LogP contribution < -0.4 is 10.1 Å². The van der Waals surface area contributed by atoms with Crippen LogP contribution in [0, 0.1) is 17.2 Å². The Morgan fingerprint density at radius 1 is 1.48 bits per heavy atom. The van der Waals surface area contributed by atoms with Crippen LogP contribution in [0.1, 0.15) is 36.9 Å². The molecule has 0 bridgehead atoms. The molecule has 0 spiro atoms. The first-order chi connectivity index (χ1) is 11.2. The van der Waals surface area contributed by atoms with Crippen molar-refractivity contribution in [2.45, 2.75) is 31.2 Å². The molecule has 2 aromatic rings. The molecule has 2 aromatic heterocycles. The Bertz CT molecular complexity index is 794. The van der Waals surface area contributed by atoms with Crippen molar-refractivity contribution in [3.63, 3.8) is 0 Å². The Hall–Kier alpha value is -2.14. The third-order valence-corrected chi connectivity index (χ3v) is 4.68. The maximum absolute atomic E-state index is 9.01. The maximum atomic E-state index is 9.01. The second kappa shape index (κ2) is 5.49. The Morgan fingerprint density at radius 2 is 2.30 bits per heavy atom. The Balaban J connectivity index is 1.62. The molecule has 7 nitrogen and oxygen atoms in total. The first kappa shape index (κ1) is 14.5. The van der Waals surface area contributed by atoms with Crippen LogP contribution in [0.4, 0.5) is 11.6 Å². The molecule has 0 aliphatic heterocycles. The van der Waals surface area contributed by atoms with E-state index < -0.39 is 0 Å². The summed E-state index contributed by atoms with van der Waals surface area (Å²) in [4.78, 5) is 8.59. The number of hydrogen-bond acceptors (Lipinski definition) is 6. The van der Waals surface area contributed by atoms with Crippen molar-refractivity contribution in [1.29, 1.82) is 5.26 Å². The van der Waals surface area contributed by atoms with Crippen LogP contribution in [0.2, 0.25) is 0 Å². The van der Waals surface area contributed by atoms with E-state index in [2.05, 4.69) is 37.3 Å². The van der Waals surface area contributed by atoms with Crippen molar-refractivity contribution in [3.8, 4) is 11.9 Å². The Morgan fingerprint density at radius 3 is 2.96 bits per heavy atom. The summed E-state index contributed by atoms with van der Waals surface area (Å²) in [5.41, 5.74) is 1.96. The lowest BCUT2D eigenvalue weighted by molar-refractivity contribution is 0.394. The average Bonchev–Trinajstić information content (AvgIpc) is 3.48. The molecule has 0 saturated heterocycles. The van der Waals surface area contributed by atoms with Gasteiger partial charge in [0.25, 0.3) is 0 Å². The lowest BCUT2D eigenvalue weighted by atomic mass is 10.2. The van der Waals surface area contributed by atoms with Crippen molar-refractivity contribution in [3.05, 3.63) is 22.6 Å². The highest BCUT2D eigenvalue weighted by molar-refractivity contribution is 9.10. The van der Waals surface area contributed by atoms with E-state index in [0.717, 1.165) is 30.6 Å². The highest BCUT2D eigenvalue weighted by Crippen LogP contribution is 2.47.